The summed E-state index contributed by atoms with van der Waals surface area (Å²) >= 11 is 0. The highest BCUT2D eigenvalue weighted by atomic mass is 16.4. The number of rotatable bonds is 7. The third-order valence-electron chi connectivity index (χ3n) is 6.39. The van der Waals surface area contributed by atoms with E-state index in [1.165, 1.54) is 19.3 Å². The number of hydrogen-bond acceptors (Lipinski definition) is 2. The van der Waals surface area contributed by atoms with Gasteiger partial charge < -0.3 is 10.2 Å². The zero-order valence-corrected chi connectivity index (χ0v) is 15.6. The van der Waals surface area contributed by atoms with Crippen molar-refractivity contribution < 1.29 is 19.8 Å². The molecule has 1 saturated carbocycles. The molecule has 0 saturated heterocycles. The Kier molecular flexibility index (Phi) is 7.52. The van der Waals surface area contributed by atoms with Crippen molar-refractivity contribution in [2.75, 3.05) is 0 Å². The first kappa shape index (κ1) is 20.0. The van der Waals surface area contributed by atoms with E-state index in [4.69, 9.17) is 0 Å². The fraction of sp³-hybridized carbons (Fsp3) is 0.810. The Morgan fingerprint density at radius 1 is 1.00 bits per heavy atom. The van der Waals surface area contributed by atoms with Crippen molar-refractivity contribution in [1.82, 2.24) is 0 Å². The Bertz CT molecular complexity index is 484. The van der Waals surface area contributed by atoms with Crippen LogP contribution in [0.15, 0.2) is 12.2 Å². The average Bonchev–Trinajstić information content (AvgIpc) is 2.56. The van der Waals surface area contributed by atoms with Crippen molar-refractivity contribution in [2.45, 2.75) is 84.0 Å². The van der Waals surface area contributed by atoms with E-state index in [2.05, 4.69) is 13.0 Å². The van der Waals surface area contributed by atoms with E-state index in [9.17, 15) is 19.8 Å². The third kappa shape index (κ3) is 4.86. The topological polar surface area (TPSA) is 74.6 Å². The standard InChI is InChI=1S/C21H34O4/c1-2-3-4-7-10-16-12-14-21(18(15-16)20(24)25)13-9-6-5-8-11-17(21)19(22)23/h12,14,16-18H,2-11,13,15H2,1H3,(H,22,23)(H,24,25). The van der Waals surface area contributed by atoms with Crippen LogP contribution in [0.5, 0.6) is 0 Å². The Morgan fingerprint density at radius 2 is 1.72 bits per heavy atom. The summed E-state index contributed by atoms with van der Waals surface area (Å²) < 4.78 is 0. The SMILES string of the molecule is CCCCCCC1C=CC2(CCCCCCC2C(=O)O)C(C(=O)O)C1. The van der Waals surface area contributed by atoms with Gasteiger partial charge in [-0.05, 0) is 31.6 Å². The van der Waals surface area contributed by atoms with Crippen molar-refractivity contribution in [1.29, 1.82) is 0 Å². The number of carboxylic acid groups (broad SMARTS) is 2. The van der Waals surface area contributed by atoms with Crippen LogP contribution in [0, 0.1) is 23.2 Å². The van der Waals surface area contributed by atoms with Gasteiger partial charge in [0.05, 0.1) is 11.8 Å². The number of unbranched alkanes of at least 4 members (excludes halogenated alkanes) is 3. The molecule has 4 nitrogen and oxygen atoms in total. The summed E-state index contributed by atoms with van der Waals surface area (Å²) in [6, 6.07) is 0. The molecule has 0 aromatic rings. The predicted molar refractivity (Wildman–Crippen MR) is 98.4 cm³/mol. The van der Waals surface area contributed by atoms with Gasteiger partial charge in [0, 0.05) is 5.41 Å². The number of aliphatic carboxylic acids is 2. The van der Waals surface area contributed by atoms with Gasteiger partial charge in [0.2, 0.25) is 0 Å². The molecule has 25 heavy (non-hydrogen) atoms. The van der Waals surface area contributed by atoms with Crippen LogP contribution in [-0.2, 0) is 9.59 Å². The first-order valence-electron chi connectivity index (χ1n) is 10.2. The summed E-state index contributed by atoms with van der Waals surface area (Å²) in [4.78, 5) is 24.0. The van der Waals surface area contributed by atoms with Crippen molar-refractivity contribution in [3.05, 3.63) is 12.2 Å². The first-order valence-corrected chi connectivity index (χ1v) is 10.2. The van der Waals surface area contributed by atoms with Gasteiger partial charge in [-0.25, -0.2) is 0 Å². The first-order chi connectivity index (χ1) is 12.0. The lowest BCUT2D eigenvalue weighted by molar-refractivity contribution is -0.156. The molecule has 0 radical (unpaired) electrons. The molecule has 0 amide bonds. The summed E-state index contributed by atoms with van der Waals surface area (Å²) in [6.45, 7) is 2.19. The zero-order chi connectivity index (χ0) is 18.3. The second kappa shape index (κ2) is 9.40. The molecular formula is C21H34O4. The second-order valence-corrected chi connectivity index (χ2v) is 8.05. The van der Waals surface area contributed by atoms with E-state index in [0.29, 0.717) is 19.3 Å². The molecule has 0 heterocycles. The minimum absolute atomic E-state index is 0.281. The Balaban J connectivity index is 2.22. The van der Waals surface area contributed by atoms with Gasteiger partial charge in [-0.15, -0.1) is 0 Å². The van der Waals surface area contributed by atoms with E-state index in [-0.39, 0.29) is 5.92 Å². The molecule has 2 rings (SSSR count). The smallest absolute Gasteiger partial charge is 0.307 e. The van der Waals surface area contributed by atoms with E-state index in [1.54, 1.807) is 0 Å². The van der Waals surface area contributed by atoms with E-state index < -0.39 is 29.2 Å². The quantitative estimate of drug-likeness (QED) is 0.484. The summed E-state index contributed by atoms with van der Waals surface area (Å²) in [6.07, 6.45) is 15.8. The normalized spacial score (nSPS) is 32.9. The predicted octanol–water partition coefficient (Wildman–Crippen LogP) is 5.28. The lowest BCUT2D eigenvalue weighted by atomic mass is 9.57. The van der Waals surface area contributed by atoms with Gasteiger partial charge in [-0.3, -0.25) is 9.59 Å². The van der Waals surface area contributed by atoms with Crippen LogP contribution in [-0.4, -0.2) is 22.2 Å². The minimum atomic E-state index is -0.820. The van der Waals surface area contributed by atoms with Gasteiger partial charge in [0.25, 0.3) is 0 Å². The van der Waals surface area contributed by atoms with E-state index in [1.807, 2.05) is 6.08 Å². The van der Waals surface area contributed by atoms with Gasteiger partial charge >= 0.3 is 11.9 Å². The molecule has 0 aromatic carbocycles. The summed E-state index contributed by atoms with van der Waals surface area (Å²) in [5, 5.41) is 19.7. The van der Waals surface area contributed by atoms with Crippen molar-refractivity contribution in [3.8, 4) is 0 Å². The second-order valence-electron chi connectivity index (χ2n) is 8.05. The molecule has 4 heteroatoms. The van der Waals surface area contributed by atoms with Gasteiger partial charge in [0.1, 0.15) is 0 Å². The van der Waals surface area contributed by atoms with Crippen LogP contribution in [0.1, 0.15) is 84.0 Å². The largest absolute Gasteiger partial charge is 0.481 e. The van der Waals surface area contributed by atoms with Crippen LogP contribution in [0.4, 0.5) is 0 Å². The summed E-state index contributed by atoms with van der Waals surface area (Å²) in [5.41, 5.74) is -0.696. The molecule has 1 spiro atoms. The third-order valence-corrected chi connectivity index (χ3v) is 6.39. The average molecular weight is 350 g/mol. The molecular weight excluding hydrogens is 316 g/mol. The van der Waals surface area contributed by atoms with Gasteiger partial charge in [0.15, 0.2) is 0 Å². The maximum Gasteiger partial charge on any atom is 0.307 e. The van der Waals surface area contributed by atoms with Crippen LogP contribution < -0.4 is 0 Å². The molecule has 0 aliphatic heterocycles. The van der Waals surface area contributed by atoms with Crippen molar-refractivity contribution >= 4 is 11.9 Å². The molecule has 0 aromatic heterocycles. The maximum absolute atomic E-state index is 12.1. The van der Waals surface area contributed by atoms with Crippen LogP contribution in [0.25, 0.3) is 0 Å². The fourth-order valence-electron chi connectivity index (χ4n) is 4.96. The lowest BCUT2D eigenvalue weighted by Crippen LogP contribution is -2.47. The molecule has 4 atom stereocenters. The zero-order valence-electron chi connectivity index (χ0n) is 15.6. The Labute approximate surface area is 151 Å². The number of carbonyl (C=O) groups is 2. The van der Waals surface area contributed by atoms with Crippen LogP contribution in [0.3, 0.4) is 0 Å². The minimum Gasteiger partial charge on any atom is -0.481 e. The maximum atomic E-state index is 12.1. The highest BCUT2D eigenvalue weighted by molar-refractivity contribution is 5.77. The summed E-state index contributed by atoms with van der Waals surface area (Å²) in [7, 11) is 0. The molecule has 4 unspecified atom stereocenters. The number of carboxylic acids is 2. The van der Waals surface area contributed by atoms with E-state index >= 15 is 0 Å². The molecule has 142 valence electrons. The number of allylic oxidation sites excluding steroid dienone is 2. The number of hydrogen-bond donors (Lipinski definition) is 2. The fourth-order valence-corrected chi connectivity index (χ4v) is 4.96. The lowest BCUT2D eigenvalue weighted by Gasteiger charge is -2.45. The summed E-state index contributed by atoms with van der Waals surface area (Å²) in [5.74, 6) is -2.48. The van der Waals surface area contributed by atoms with Crippen LogP contribution >= 0.6 is 0 Å². The Morgan fingerprint density at radius 3 is 2.40 bits per heavy atom. The monoisotopic (exact) mass is 350 g/mol. The molecule has 2 aliphatic carbocycles. The Hall–Kier alpha value is -1.32. The van der Waals surface area contributed by atoms with Crippen molar-refractivity contribution in [2.24, 2.45) is 23.2 Å². The highest BCUT2D eigenvalue weighted by Gasteiger charge is 2.51. The van der Waals surface area contributed by atoms with Gasteiger partial charge in [-0.1, -0.05) is 70.4 Å². The highest BCUT2D eigenvalue weighted by Crippen LogP contribution is 2.51. The van der Waals surface area contributed by atoms with Gasteiger partial charge in [-0.2, -0.15) is 0 Å². The molecule has 1 fully saturated rings. The van der Waals surface area contributed by atoms with Crippen LogP contribution in [0.2, 0.25) is 0 Å². The molecule has 0 bridgehead atoms. The van der Waals surface area contributed by atoms with E-state index in [0.717, 1.165) is 38.5 Å². The van der Waals surface area contributed by atoms with Crippen molar-refractivity contribution in [3.63, 3.8) is 0 Å². The molecule has 2 aliphatic rings. The molecule has 2 N–H and O–H groups in total.